The Morgan fingerprint density at radius 2 is 1.22 bits per heavy atom. The summed E-state index contributed by atoms with van der Waals surface area (Å²) in [5.41, 5.74) is 0. The molecule has 0 fully saturated rings. The molecule has 2 aromatic rings. The van der Waals surface area contributed by atoms with Gasteiger partial charge in [0.25, 0.3) is 0 Å². The summed E-state index contributed by atoms with van der Waals surface area (Å²) in [7, 11) is -0.217. The predicted octanol–water partition coefficient (Wildman–Crippen LogP) is 0.478. The third kappa shape index (κ3) is 4.40. The zero-order valence-corrected chi connectivity index (χ0v) is 12.7. The van der Waals surface area contributed by atoms with Gasteiger partial charge in [-0.05, 0) is 0 Å². The van der Waals surface area contributed by atoms with Crippen molar-refractivity contribution < 1.29 is 27.9 Å². The van der Waals surface area contributed by atoms with Crippen LogP contribution in [0.2, 0.25) is 5.39 Å². The minimum absolute atomic E-state index is 0. The van der Waals surface area contributed by atoms with Crippen molar-refractivity contribution in [1.82, 2.24) is 0 Å². The van der Waals surface area contributed by atoms with Gasteiger partial charge in [0.15, 0.2) is 0 Å². The molecule has 0 spiro atoms. The van der Waals surface area contributed by atoms with Crippen molar-refractivity contribution in [3.8, 4) is 0 Å². The molecule has 0 saturated carbocycles. The van der Waals surface area contributed by atoms with Crippen LogP contribution in [0.3, 0.4) is 0 Å². The van der Waals surface area contributed by atoms with Crippen LogP contribution in [0.15, 0.2) is 60.7 Å². The molecule has 98 valence electrons. The van der Waals surface area contributed by atoms with Gasteiger partial charge in [0.05, 0.1) is 0 Å². The summed E-state index contributed by atoms with van der Waals surface area (Å²) < 4.78 is 0. The molecular weight excluding hydrogens is 305 g/mol. The molecule has 0 radical (unpaired) electrons. The normalized spacial score (nSPS) is 10.2. The predicted molar refractivity (Wildman–Crippen MR) is 73.4 cm³/mol. The van der Waals surface area contributed by atoms with Crippen LogP contribution < -0.4 is 23.0 Å². The molecule has 0 nitrogen and oxygen atoms in total. The zero-order chi connectivity index (χ0) is 11.9. The van der Waals surface area contributed by atoms with Crippen LogP contribution in [-0.2, 0) is 15.5 Å². The van der Waals surface area contributed by atoms with Crippen LogP contribution in [0.1, 0.15) is 6.42 Å². The number of rotatable bonds is 5. The van der Waals surface area contributed by atoms with Crippen LogP contribution in [0.25, 0.3) is 0 Å². The molecule has 0 bridgehead atoms. The van der Waals surface area contributed by atoms with E-state index in [0.717, 1.165) is 11.8 Å². The van der Waals surface area contributed by atoms with Crippen LogP contribution in [0, 0.1) is 0 Å². The van der Waals surface area contributed by atoms with Crippen molar-refractivity contribution in [2.75, 3.05) is 6.16 Å². The van der Waals surface area contributed by atoms with Gasteiger partial charge >= 0.3 is 113 Å². The van der Waals surface area contributed by atoms with E-state index in [1.807, 2.05) is 0 Å². The minimum atomic E-state index is -0.217. The van der Waals surface area contributed by atoms with E-state index in [0.29, 0.717) is 0 Å². The van der Waals surface area contributed by atoms with Crippen molar-refractivity contribution in [2.24, 2.45) is 0 Å². The summed E-state index contributed by atoms with van der Waals surface area (Å²) in [5.74, 6) is 0. The fraction of sp³-hybridized carbons (Fsp3) is 0.200. The molecule has 0 aliphatic carbocycles. The Balaban J connectivity index is 0.00000162. The fourth-order valence-electron chi connectivity index (χ4n) is 1.83. The molecule has 2 rings (SSSR count). The molecule has 0 saturated heterocycles. The first-order chi connectivity index (χ1) is 8.42. The molecule has 2 aromatic carbocycles. The Morgan fingerprint density at radius 1 is 0.778 bits per heavy atom. The molecule has 0 aliphatic heterocycles. The van der Waals surface area contributed by atoms with E-state index < -0.39 is 0 Å². The molecular formula is C15H16ClNiP. The average Bonchev–Trinajstić information content (AvgIpc) is 2.42. The van der Waals surface area contributed by atoms with E-state index in [2.05, 4.69) is 60.7 Å². The molecule has 0 atom stereocenters. The molecule has 0 aliphatic rings. The summed E-state index contributed by atoms with van der Waals surface area (Å²) in [4.78, 5) is 0. The van der Waals surface area contributed by atoms with Crippen LogP contribution in [0.5, 0.6) is 0 Å². The van der Waals surface area contributed by atoms with Gasteiger partial charge in [-0.1, -0.05) is 0 Å². The van der Waals surface area contributed by atoms with Gasteiger partial charge in [-0.25, -0.2) is 0 Å². The Bertz CT molecular complexity index is 393. The van der Waals surface area contributed by atoms with E-state index >= 15 is 0 Å². The number of benzene rings is 2. The van der Waals surface area contributed by atoms with Gasteiger partial charge in [-0.3, -0.25) is 0 Å². The van der Waals surface area contributed by atoms with E-state index in [9.17, 15) is 0 Å². The summed E-state index contributed by atoms with van der Waals surface area (Å²) in [5, 5.41) is 3.82. The summed E-state index contributed by atoms with van der Waals surface area (Å²) in [6.45, 7) is 0. The quantitative estimate of drug-likeness (QED) is 0.555. The molecule has 0 heterocycles. The molecule has 0 unspecified atom stereocenters. The van der Waals surface area contributed by atoms with Gasteiger partial charge < -0.3 is 12.4 Å². The number of hydrogen-bond donors (Lipinski definition) is 0. The molecule has 18 heavy (non-hydrogen) atoms. The first-order valence-electron chi connectivity index (χ1n) is 5.81. The Labute approximate surface area is 125 Å². The second kappa shape index (κ2) is 8.70. The van der Waals surface area contributed by atoms with Gasteiger partial charge in [0, 0.05) is 0 Å². The van der Waals surface area contributed by atoms with Crippen molar-refractivity contribution in [3.05, 3.63) is 60.7 Å². The van der Waals surface area contributed by atoms with Crippen LogP contribution in [-0.4, -0.2) is 6.16 Å². The zero-order valence-electron chi connectivity index (χ0n) is 10.0. The first-order valence-corrected chi connectivity index (χ1v) is 8.03. The van der Waals surface area contributed by atoms with Gasteiger partial charge in [0.1, 0.15) is 0 Å². The number of hydrogen-bond acceptors (Lipinski definition) is 0. The molecule has 0 N–H and O–H groups in total. The monoisotopic (exact) mass is 320 g/mol. The van der Waals surface area contributed by atoms with Gasteiger partial charge in [-0.15, -0.1) is 0 Å². The van der Waals surface area contributed by atoms with Crippen LogP contribution >= 0.6 is 7.92 Å². The average molecular weight is 321 g/mol. The van der Waals surface area contributed by atoms with Crippen molar-refractivity contribution in [2.45, 2.75) is 11.8 Å². The summed E-state index contributed by atoms with van der Waals surface area (Å²) >= 11 is 4.80. The summed E-state index contributed by atoms with van der Waals surface area (Å²) in [6, 6.07) is 21.6. The first kappa shape index (κ1) is 15.7. The topological polar surface area (TPSA) is 0 Å². The van der Waals surface area contributed by atoms with Gasteiger partial charge in [-0.2, -0.15) is 0 Å². The molecule has 0 amide bonds. The van der Waals surface area contributed by atoms with E-state index in [4.69, 9.17) is 15.5 Å². The van der Waals surface area contributed by atoms with Crippen molar-refractivity contribution in [3.63, 3.8) is 0 Å². The fourth-order valence-corrected chi connectivity index (χ4v) is 4.59. The summed E-state index contributed by atoms with van der Waals surface area (Å²) in [6.07, 6.45) is 2.36. The van der Waals surface area contributed by atoms with Crippen molar-refractivity contribution in [1.29, 1.82) is 0 Å². The Kier molecular flexibility index (Phi) is 7.60. The maximum atomic E-state index is 4.80. The van der Waals surface area contributed by atoms with E-state index in [1.54, 1.807) is 0 Å². The third-order valence-corrected chi connectivity index (χ3v) is 5.58. The SMILES string of the molecule is [Cl-].[Ni+][CH2]CCP(c1ccccc1)c1ccccc1. The van der Waals surface area contributed by atoms with E-state index in [-0.39, 0.29) is 20.3 Å². The second-order valence-electron chi connectivity index (χ2n) is 3.83. The second-order valence-corrected chi connectivity index (χ2v) is 6.66. The van der Waals surface area contributed by atoms with Crippen molar-refractivity contribution >= 4 is 18.5 Å². The Hall–Kier alpha value is -0.346. The van der Waals surface area contributed by atoms with E-state index in [1.165, 1.54) is 16.8 Å². The van der Waals surface area contributed by atoms with Gasteiger partial charge in [0.2, 0.25) is 0 Å². The van der Waals surface area contributed by atoms with Crippen LogP contribution in [0.4, 0.5) is 0 Å². The molecule has 0 aromatic heterocycles. The molecule has 3 heteroatoms. The third-order valence-electron chi connectivity index (χ3n) is 2.63. The maximum absolute atomic E-state index is 4.80. The standard InChI is InChI=1S/C15H16P.ClH.Ni/c1-2-13-16(14-9-5-3-6-10-14)15-11-7-4-8-12-15;;/h3-12H,1-2,13H2;1H;/q;;+1/p-1. The number of halogens is 1. The Morgan fingerprint density at radius 3 is 1.61 bits per heavy atom.